The van der Waals surface area contributed by atoms with Crippen molar-refractivity contribution in [3.8, 4) is 17.6 Å². The maximum Gasteiger partial charge on any atom is 0.135 e. The molecule has 2 N–H and O–H groups in total. The highest BCUT2D eigenvalue weighted by atomic mass is 16.5. The fourth-order valence-electron chi connectivity index (χ4n) is 1.77. The maximum absolute atomic E-state index is 5.86. The Labute approximate surface area is 114 Å². The van der Waals surface area contributed by atoms with Crippen molar-refractivity contribution in [3.63, 3.8) is 0 Å². The molecule has 0 saturated heterocycles. The van der Waals surface area contributed by atoms with E-state index in [-0.39, 0.29) is 0 Å². The van der Waals surface area contributed by atoms with Crippen molar-refractivity contribution in [2.24, 2.45) is 5.73 Å². The molecule has 0 aliphatic carbocycles. The first-order valence-electron chi connectivity index (χ1n) is 6.26. The van der Waals surface area contributed by atoms with Crippen molar-refractivity contribution in [2.45, 2.75) is 13.5 Å². The van der Waals surface area contributed by atoms with Crippen molar-refractivity contribution < 1.29 is 4.74 Å². The largest absolute Gasteiger partial charge is 0.488 e. The SMILES string of the molecule is Cc1ccccc1COc1ccccc1C#CCN. The Hall–Kier alpha value is -2.24. The molecule has 0 saturated carbocycles. The minimum Gasteiger partial charge on any atom is -0.488 e. The van der Waals surface area contributed by atoms with E-state index in [0.29, 0.717) is 13.2 Å². The summed E-state index contributed by atoms with van der Waals surface area (Å²) in [6.07, 6.45) is 0. The van der Waals surface area contributed by atoms with Crippen molar-refractivity contribution in [2.75, 3.05) is 6.54 Å². The summed E-state index contributed by atoms with van der Waals surface area (Å²) < 4.78 is 5.86. The fourth-order valence-corrected chi connectivity index (χ4v) is 1.77. The average Bonchev–Trinajstić information content (AvgIpc) is 2.45. The molecular formula is C17H17NO. The molecular weight excluding hydrogens is 234 g/mol. The summed E-state index contributed by atoms with van der Waals surface area (Å²) in [6.45, 7) is 2.99. The molecule has 2 rings (SSSR count). The molecule has 0 spiro atoms. The van der Waals surface area contributed by atoms with Crippen LogP contribution in [0.5, 0.6) is 5.75 Å². The Morgan fingerprint density at radius 1 is 1.05 bits per heavy atom. The third-order valence-electron chi connectivity index (χ3n) is 2.86. The molecule has 0 fully saturated rings. The molecule has 2 aromatic carbocycles. The Kier molecular flexibility index (Phi) is 4.60. The lowest BCUT2D eigenvalue weighted by Gasteiger charge is -2.10. The highest BCUT2D eigenvalue weighted by molar-refractivity contribution is 5.46. The van der Waals surface area contributed by atoms with Crippen LogP contribution < -0.4 is 10.5 Å². The molecule has 2 aromatic rings. The van der Waals surface area contributed by atoms with Crippen LogP contribution in [0.4, 0.5) is 0 Å². The standard InChI is InChI=1S/C17H17NO/c1-14-7-2-3-9-16(14)13-19-17-11-5-4-8-15(17)10-6-12-18/h2-5,7-9,11H,12-13,18H2,1H3. The van der Waals surface area contributed by atoms with E-state index in [0.717, 1.165) is 11.3 Å². The van der Waals surface area contributed by atoms with E-state index in [1.165, 1.54) is 11.1 Å². The Morgan fingerprint density at radius 2 is 1.79 bits per heavy atom. The Morgan fingerprint density at radius 3 is 2.58 bits per heavy atom. The van der Waals surface area contributed by atoms with Crippen LogP contribution in [0.2, 0.25) is 0 Å². The van der Waals surface area contributed by atoms with Crippen LogP contribution in [0.1, 0.15) is 16.7 Å². The molecule has 0 radical (unpaired) electrons. The highest BCUT2D eigenvalue weighted by Gasteiger charge is 2.02. The number of benzene rings is 2. The summed E-state index contributed by atoms with van der Waals surface area (Å²) in [4.78, 5) is 0. The lowest BCUT2D eigenvalue weighted by atomic mass is 10.1. The van der Waals surface area contributed by atoms with Crippen molar-refractivity contribution in [3.05, 3.63) is 65.2 Å². The minimum absolute atomic E-state index is 0.353. The molecule has 2 nitrogen and oxygen atoms in total. The van der Waals surface area contributed by atoms with Gasteiger partial charge >= 0.3 is 0 Å². The molecule has 0 aliphatic rings. The summed E-state index contributed by atoms with van der Waals surface area (Å²) >= 11 is 0. The van der Waals surface area contributed by atoms with Crippen molar-refractivity contribution in [1.82, 2.24) is 0 Å². The summed E-state index contributed by atoms with van der Waals surface area (Å²) in [7, 11) is 0. The first-order valence-corrected chi connectivity index (χ1v) is 6.26. The van der Waals surface area contributed by atoms with Crippen LogP contribution in [0, 0.1) is 18.8 Å². The number of hydrogen-bond donors (Lipinski definition) is 1. The van der Waals surface area contributed by atoms with Gasteiger partial charge in [0.05, 0.1) is 12.1 Å². The van der Waals surface area contributed by atoms with Gasteiger partial charge in [0.2, 0.25) is 0 Å². The van der Waals surface area contributed by atoms with Crippen LogP contribution in [-0.4, -0.2) is 6.54 Å². The summed E-state index contributed by atoms with van der Waals surface area (Å²) in [6, 6.07) is 16.0. The van der Waals surface area contributed by atoms with E-state index in [1.54, 1.807) is 0 Å². The number of hydrogen-bond acceptors (Lipinski definition) is 2. The van der Waals surface area contributed by atoms with Gasteiger partial charge in [-0.3, -0.25) is 0 Å². The van der Waals surface area contributed by atoms with Crippen LogP contribution in [-0.2, 0) is 6.61 Å². The van der Waals surface area contributed by atoms with Gasteiger partial charge in [-0.25, -0.2) is 0 Å². The first-order chi connectivity index (χ1) is 9.31. The molecule has 0 aromatic heterocycles. The molecule has 0 unspecified atom stereocenters. The molecule has 0 heterocycles. The molecule has 0 aliphatic heterocycles. The predicted molar refractivity (Wildman–Crippen MR) is 77.9 cm³/mol. The van der Waals surface area contributed by atoms with Gasteiger partial charge in [0, 0.05) is 0 Å². The normalized spacial score (nSPS) is 9.58. The van der Waals surface area contributed by atoms with E-state index >= 15 is 0 Å². The van der Waals surface area contributed by atoms with E-state index in [4.69, 9.17) is 10.5 Å². The molecule has 0 amide bonds. The van der Waals surface area contributed by atoms with Gasteiger partial charge in [-0.1, -0.05) is 48.2 Å². The lowest BCUT2D eigenvalue weighted by Crippen LogP contribution is -1.99. The smallest absolute Gasteiger partial charge is 0.135 e. The van der Waals surface area contributed by atoms with Gasteiger partial charge in [0.1, 0.15) is 12.4 Å². The quantitative estimate of drug-likeness (QED) is 0.851. The van der Waals surface area contributed by atoms with Gasteiger partial charge < -0.3 is 10.5 Å². The van der Waals surface area contributed by atoms with Gasteiger partial charge in [-0.2, -0.15) is 0 Å². The van der Waals surface area contributed by atoms with Gasteiger partial charge in [-0.15, -0.1) is 0 Å². The fraction of sp³-hybridized carbons (Fsp3) is 0.176. The van der Waals surface area contributed by atoms with Crippen LogP contribution >= 0.6 is 0 Å². The predicted octanol–water partition coefficient (Wildman–Crippen LogP) is 2.88. The zero-order valence-electron chi connectivity index (χ0n) is 11.0. The Balaban J connectivity index is 2.14. The Bertz CT molecular complexity index is 608. The van der Waals surface area contributed by atoms with Crippen LogP contribution in [0.15, 0.2) is 48.5 Å². The zero-order valence-corrected chi connectivity index (χ0v) is 11.0. The second kappa shape index (κ2) is 6.63. The molecule has 2 heteroatoms. The third-order valence-corrected chi connectivity index (χ3v) is 2.86. The van der Waals surface area contributed by atoms with Crippen LogP contribution in [0.25, 0.3) is 0 Å². The molecule has 19 heavy (non-hydrogen) atoms. The molecule has 96 valence electrons. The van der Waals surface area contributed by atoms with Crippen molar-refractivity contribution in [1.29, 1.82) is 0 Å². The number of rotatable bonds is 3. The summed E-state index contributed by atoms with van der Waals surface area (Å²) in [5.74, 6) is 6.67. The van der Waals surface area contributed by atoms with E-state index in [2.05, 4.69) is 30.9 Å². The van der Waals surface area contributed by atoms with E-state index in [9.17, 15) is 0 Å². The monoisotopic (exact) mass is 251 g/mol. The number of nitrogens with two attached hydrogens (primary N) is 1. The molecule has 0 bridgehead atoms. The van der Waals surface area contributed by atoms with Crippen molar-refractivity contribution >= 4 is 0 Å². The van der Waals surface area contributed by atoms with Gasteiger partial charge in [0.15, 0.2) is 0 Å². The second-order valence-corrected chi connectivity index (χ2v) is 4.22. The number of aryl methyl sites for hydroxylation is 1. The average molecular weight is 251 g/mol. The highest BCUT2D eigenvalue weighted by Crippen LogP contribution is 2.19. The van der Waals surface area contributed by atoms with E-state index in [1.807, 2.05) is 36.4 Å². The minimum atomic E-state index is 0.353. The second-order valence-electron chi connectivity index (χ2n) is 4.22. The summed E-state index contributed by atoms with van der Waals surface area (Å²) in [5.41, 5.74) is 8.69. The molecule has 0 atom stereocenters. The summed E-state index contributed by atoms with van der Waals surface area (Å²) in [5, 5.41) is 0. The third kappa shape index (κ3) is 3.61. The zero-order chi connectivity index (χ0) is 13.5. The topological polar surface area (TPSA) is 35.2 Å². The number of ether oxygens (including phenoxy) is 1. The van der Waals surface area contributed by atoms with Crippen LogP contribution in [0.3, 0.4) is 0 Å². The number of para-hydroxylation sites is 1. The first kappa shape index (κ1) is 13.2. The van der Waals surface area contributed by atoms with Gasteiger partial charge in [0.25, 0.3) is 0 Å². The van der Waals surface area contributed by atoms with E-state index < -0.39 is 0 Å². The van der Waals surface area contributed by atoms with Gasteiger partial charge in [-0.05, 0) is 30.2 Å². The lowest BCUT2D eigenvalue weighted by molar-refractivity contribution is 0.304. The maximum atomic E-state index is 5.86.